The lowest BCUT2D eigenvalue weighted by atomic mass is 9.95. The van der Waals surface area contributed by atoms with Crippen LogP contribution < -0.4 is 10.1 Å². The van der Waals surface area contributed by atoms with E-state index in [1.165, 1.54) is 0 Å². The van der Waals surface area contributed by atoms with Gasteiger partial charge in [-0.05, 0) is 32.6 Å². The highest BCUT2D eigenvalue weighted by atomic mass is 16.5. The van der Waals surface area contributed by atoms with E-state index in [9.17, 15) is 0 Å². The normalized spacial score (nSPS) is 22.6. The first kappa shape index (κ1) is 15.0. The molecule has 2 atom stereocenters. The molecule has 0 aliphatic heterocycles. The summed E-state index contributed by atoms with van der Waals surface area (Å²) in [5, 5.41) is 3.30. The van der Waals surface area contributed by atoms with Gasteiger partial charge in [0, 0.05) is 20.1 Å². The molecule has 0 saturated heterocycles. The van der Waals surface area contributed by atoms with Gasteiger partial charge in [0.2, 0.25) is 5.88 Å². The average molecular weight is 279 g/mol. The van der Waals surface area contributed by atoms with Crippen LogP contribution in [0.25, 0.3) is 0 Å². The molecule has 20 heavy (non-hydrogen) atoms. The van der Waals surface area contributed by atoms with E-state index < -0.39 is 0 Å². The number of hydrogen-bond acceptors (Lipinski definition) is 5. The third-order valence-corrected chi connectivity index (χ3v) is 3.77. The molecule has 1 fully saturated rings. The summed E-state index contributed by atoms with van der Waals surface area (Å²) in [6, 6.07) is 0. The van der Waals surface area contributed by atoms with Crippen LogP contribution in [-0.2, 0) is 4.74 Å². The molecule has 0 spiro atoms. The van der Waals surface area contributed by atoms with E-state index in [1.807, 2.05) is 6.92 Å². The highest BCUT2D eigenvalue weighted by molar-refractivity contribution is 5.47. The van der Waals surface area contributed by atoms with Crippen molar-refractivity contribution in [1.29, 1.82) is 0 Å². The molecule has 0 amide bonds. The standard InChI is InChI=1S/C15H25N3O2/c1-4-8-16-14-11(2)15(18-10-17-14)20-13-7-5-6-12(9-13)19-3/h10,12-13H,4-9H2,1-3H3,(H,16,17,18). The van der Waals surface area contributed by atoms with E-state index in [0.29, 0.717) is 12.0 Å². The minimum atomic E-state index is 0.196. The van der Waals surface area contributed by atoms with Gasteiger partial charge in [-0.25, -0.2) is 9.97 Å². The van der Waals surface area contributed by atoms with Crippen molar-refractivity contribution < 1.29 is 9.47 Å². The Hall–Kier alpha value is -1.36. The Bertz CT molecular complexity index is 426. The van der Waals surface area contributed by atoms with Gasteiger partial charge in [-0.2, -0.15) is 0 Å². The third-order valence-electron chi connectivity index (χ3n) is 3.77. The zero-order chi connectivity index (χ0) is 14.4. The Kier molecular flexibility index (Phi) is 5.59. The molecule has 5 nitrogen and oxygen atoms in total. The van der Waals surface area contributed by atoms with Crippen LogP contribution in [0.15, 0.2) is 6.33 Å². The van der Waals surface area contributed by atoms with Crippen molar-refractivity contribution in [3.8, 4) is 5.88 Å². The fraction of sp³-hybridized carbons (Fsp3) is 0.733. The van der Waals surface area contributed by atoms with E-state index in [1.54, 1.807) is 13.4 Å². The predicted molar refractivity (Wildman–Crippen MR) is 79.2 cm³/mol. The third kappa shape index (κ3) is 3.82. The summed E-state index contributed by atoms with van der Waals surface area (Å²) in [6.45, 7) is 5.05. The lowest BCUT2D eigenvalue weighted by Gasteiger charge is -2.28. The van der Waals surface area contributed by atoms with Crippen molar-refractivity contribution in [2.45, 2.75) is 58.2 Å². The van der Waals surface area contributed by atoms with E-state index in [2.05, 4.69) is 22.2 Å². The zero-order valence-corrected chi connectivity index (χ0v) is 12.7. The minimum Gasteiger partial charge on any atom is -0.474 e. The number of hydrogen-bond donors (Lipinski definition) is 1. The molecule has 1 heterocycles. The summed E-state index contributed by atoms with van der Waals surface area (Å²) >= 11 is 0. The molecule has 1 aromatic heterocycles. The number of rotatable bonds is 6. The summed E-state index contributed by atoms with van der Waals surface area (Å²) in [6.07, 6.45) is 7.43. The summed E-state index contributed by atoms with van der Waals surface area (Å²) < 4.78 is 11.5. The molecule has 1 aliphatic rings. The molecule has 1 aliphatic carbocycles. The topological polar surface area (TPSA) is 56.3 Å². The molecule has 112 valence electrons. The van der Waals surface area contributed by atoms with Crippen LogP contribution in [0.3, 0.4) is 0 Å². The predicted octanol–water partition coefficient (Wildman–Crippen LogP) is 2.94. The average Bonchev–Trinajstić information content (AvgIpc) is 2.48. The maximum atomic E-state index is 6.07. The number of anilines is 1. The first-order chi connectivity index (χ1) is 9.74. The van der Waals surface area contributed by atoms with Crippen LogP contribution in [0.1, 0.15) is 44.6 Å². The summed E-state index contributed by atoms with van der Waals surface area (Å²) in [5.41, 5.74) is 0.987. The Morgan fingerprint density at radius 3 is 2.85 bits per heavy atom. The van der Waals surface area contributed by atoms with Crippen LogP contribution in [0, 0.1) is 6.92 Å². The molecular formula is C15H25N3O2. The van der Waals surface area contributed by atoms with Crippen molar-refractivity contribution in [2.24, 2.45) is 0 Å². The molecule has 1 N–H and O–H groups in total. The van der Waals surface area contributed by atoms with Gasteiger partial charge in [-0.15, -0.1) is 0 Å². The van der Waals surface area contributed by atoms with E-state index in [-0.39, 0.29) is 6.10 Å². The Balaban J connectivity index is 2.01. The summed E-state index contributed by atoms with van der Waals surface area (Å²) in [4.78, 5) is 8.55. The number of aromatic nitrogens is 2. The molecule has 2 unspecified atom stereocenters. The quantitative estimate of drug-likeness (QED) is 0.867. The largest absolute Gasteiger partial charge is 0.474 e. The summed E-state index contributed by atoms with van der Waals surface area (Å²) in [5.74, 6) is 1.57. The Morgan fingerprint density at radius 2 is 2.10 bits per heavy atom. The lowest BCUT2D eigenvalue weighted by molar-refractivity contribution is 0.0192. The van der Waals surface area contributed by atoms with Crippen LogP contribution in [0.4, 0.5) is 5.82 Å². The number of nitrogens with zero attached hydrogens (tertiary/aromatic N) is 2. The maximum Gasteiger partial charge on any atom is 0.221 e. The molecular weight excluding hydrogens is 254 g/mol. The second-order valence-corrected chi connectivity index (χ2v) is 5.34. The molecule has 1 saturated carbocycles. The molecule has 0 aromatic carbocycles. The van der Waals surface area contributed by atoms with Crippen LogP contribution in [-0.4, -0.2) is 35.8 Å². The highest BCUT2D eigenvalue weighted by Gasteiger charge is 2.24. The molecule has 0 radical (unpaired) electrons. The smallest absolute Gasteiger partial charge is 0.221 e. The fourth-order valence-corrected chi connectivity index (χ4v) is 2.56. The molecule has 0 bridgehead atoms. The van der Waals surface area contributed by atoms with Crippen LogP contribution in [0.2, 0.25) is 0 Å². The van der Waals surface area contributed by atoms with Gasteiger partial charge in [-0.1, -0.05) is 6.92 Å². The van der Waals surface area contributed by atoms with Gasteiger partial charge in [-0.3, -0.25) is 0 Å². The van der Waals surface area contributed by atoms with Gasteiger partial charge >= 0.3 is 0 Å². The van der Waals surface area contributed by atoms with Gasteiger partial charge in [0.1, 0.15) is 18.2 Å². The van der Waals surface area contributed by atoms with Crippen molar-refractivity contribution in [3.05, 3.63) is 11.9 Å². The SMILES string of the molecule is CCCNc1ncnc(OC2CCCC(OC)C2)c1C. The van der Waals surface area contributed by atoms with E-state index in [0.717, 1.165) is 50.0 Å². The second kappa shape index (κ2) is 7.43. The summed E-state index contributed by atoms with van der Waals surface area (Å²) in [7, 11) is 1.77. The minimum absolute atomic E-state index is 0.196. The van der Waals surface area contributed by atoms with Crippen molar-refractivity contribution >= 4 is 5.82 Å². The number of ether oxygens (including phenoxy) is 2. The van der Waals surface area contributed by atoms with Crippen LogP contribution in [0.5, 0.6) is 5.88 Å². The van der Waals surface area contributed by atoms with Crippen molar-refractivity contribution in [1.82, 2.24) is 9.97 Å². The monoisotopic (exact) mass is 279 g/mol. The van der Waals surface area contributed by atoms with Crippen molar-refractivity contribution in [2.75, 3.05) is 19.0 Å². The van der Waals surface area contributed by atoms with Gasteiger partial charge in [0.05, 0.1) is 11.7 Å². The highest BCUT2D eigenvalue weighted by Crippen LogP contribution is 2.27. The number of methoxy groups -OCH3 is 1. The number of nitrogens with one attached hydrogen (secondary N) is 1. The van der Waals surface area contributed by atoms with E-state index in [4.69, 9.17) is 9.47 Å². The fourth-order valence-electron chi connectivity index (χ4n) is 2.56. The van der Waals surface area contributed by atoms with Gasteiger partial charge < -0.3 is 14.8 Å². The molecule has 5 heteroatoms. The maximum absolute atomic E-state index is 6.07. The van der Waals surface area contributed by atoms with Crippen LogP contribution >= 0.6 is 0 Å². The first-order valence-electron chi connectivity index (χ1n) is 7.49. The second-order valence-electron chi connectivity index (χ2n) is 5.34. The Labute approximate surface area is 121 Å². The van der Waals surface area contributed by atoms with Gasteiger partial charge in [0.15, 0.2) is 0 Å². The zero-order valence-electron chi connectivity index (χ0n) is 12.7. The van der Waals surface area contributed by atoms with Crippen molar-refractivity contribution in [3.63, 3.8) is 0 Å². The van der Waals surface area contributed by atoms with E-state index >= 15 is 0 Å². The first-order valence-corrected chi connectivity index (χ1v) is 7.49. The Morgan fingerprint density at radius 1 is 1.30 bits per heavy atom. The molecule has 2 rings (SSSR count). The molecule has 1 aromatic rings. The lowest BCUT2D eigenvalue weighted by Crippen LogP contribution is -2.30. The van der Waals surface area contributed by atoms with Gasteiger partial charge in [0.25, 0.3) is 0 Å².